The number of rotatable bonds is 5. The van der Waals surface area contributed by atoms with Gasteiger partial charge < -0.3 is 10.2 Å². The Balaban J connectivity index is 2.14. The Kier molecular flexibility index (Phi) is 6.16. The number of hydrogen-bond acceptors (Lipinski definition) is 2. The number of nitrogens with zero attached hydrogens (tertiary/aromatic N) is 1. The second-order valence-corrected chi connectivity index (χ2v) is 4.43. The third kappa shape index (κ3) is 4.79. The highest BCUT2D eigenvalue weighted by Crippen LogP contribution is 2.15. The van der Waals surface area contributed by atoms with E-state index in [-0.39, 0.29) is 5.91 Å². The van der Waals surface area contributed by atoms with Crippen LogP contribution >= 0.6 is 0 Å². The van der Waals surface area contributed by atoms with Gasteiger partial charge in [-0.25, -0.2) is 0 Å². The molecule has 1 rings (SSSR count). The number of hydrogen-bond donors (Lipinski definition) is 1. The Morgan fingerprint density at radius 1 is 1.38 bits per heavy atom. The standard InChI is InChI=1S/C13H24N2O/c1-3-5-6-13(16)14-11-12-7-9-15(4-2)10-8-12/h5-6,12H,3-4,7-11H2,1-2H3,(H,14,16)/b6-5+. The van der Waals surface area contributed by atoms with E-state index in [1.54, 1.807) is 6.08 Å². The molecule has 0 aliphatic carbocycles. The van der Waals surface area contributed by atoms with Gasteiger partial charge in [0.1, 0.15) is 0 Å². The Morgan fingerprint density at radius 2 is 2.06 bits per heavy atom. The molecule has 1 fully saturated rings. The lowest BCUT2D eigenvalue weighted by Gasteiger charge is -2.30. The van der Waals surface area contributed by atoms with Crippen molar-refractivity contribution in [1.29, 1.82) is 0 Å². The van der Waals surface area contributed by atoms with Crippen LogP contribution in [0.1, 0.15) is 33.1 Å². The molecule has 92 valence electrons. The van der Waals surface area contributed by atoms with Crippen molar-refractivity contribution in [2.75, 3.05) is 26.2 Å². The predicted octanol–water partition coefficient (Wildman–Crippen LogP) is 1.80. The first-order valence-electron chi connectivity index (χ1n) is 6.43. The summed E-state index contributed by atoms with van der Waals surface area (Å²) in [6, 6.07) is 0. The number of allylic oxidation sites excluding steroid dienone is 1. The fourth-order valence-electron chi connectivity index (χ4n) is 2.04. The van der Waals surface area contributed by atoms with Crippen molar-refractivity contribution >= 4 is 5.91 Å². The molecular formula is C13H24N2O. The van der Waals surface area contributed by atoms with E-state index in [1.807, 2.05) is 13.0 Å². The van der Waals surface area contributed by atoms with Gasteiger partial charge in [0.05, 0.1) is 0 Å². The van der Waals surface area contributed by atoms with Gasteiger partial charge in [0.15, 0.2) is 0 Å². The van der Waals surface area contributed by atoms with Crippen LogP contribution in [0.3, 0.4) is 0 Å². The van der Waals surface area contributed by atoms with Gasteiger partial charge in [0.2, 0.25) is 5.91 Å². The Labute approximate surface area is 98.9 Å². The van der Waals surface area contributed by atoms with Crippen LogP contribution < -0.4 is 5.32 Å². The summed E-state index contributed by atoms with van der Waals surface area (Å²) >= 11 is 0. The van der Waals surface area contributed by atoms with Gasteiger partial charge in [-0.15, -0.1) is 0 Å². The largest absolute Gasteiger partial charge is 0.352 e. The number of amides is 1. The number of carbonyl (C=O) groups excluding carboxylic acids is 1. The second-order valence-electron chi connectivity index (χ2n) is 4.43. The Morgan fingerprint density at radius 3 is 2.62 bits per heavy atom. The fourth-order valence-corrected chi connectivity index (χ4v) is 2.04. The summed E-state index contributed by atoms with van der Waals surface area (Å²) in [5, 5.41) is 2.98. The Hall–Kier alpha value is -0.830. The molecule has 0 aromatic carbocycles. The zero-order valence-corrected chi connectivity index (χ0v) is 10.5. The van der Waals surface area contributed by atoms with E-state index >= 15 is 0 Å². The van der Waals surface area contributed by atoms with Crippen molar-refractivity contribution in [3.63, 3.8) is 0 Å². The average molecular weight is 224 g/mol. The summed E-state index contributed by atoms with van der Waals surface area (Å²) in [5.74, 6) is 0.724. The minimum atomic E-state index is 0.0553. The van der Waals surface area contributed by atoms with Gasteiger partial charge in [0, 0.05) is 6.54 Å². The maximum absolute atomic E-state index is 11.4. The number of piperidine rings is 1. The molecule has 1 aliphatic rings. The minimum Gasteiger partial charge on any atom is -0.352 e. The zero-order chi connectivity index (χ0) is 11.8. The van der Waals surface area contributed by atoms with E-state index in [4.69, 9.17) is 0 Å². The summed E-state index contributed by atoms with van der Waals surface area (Å²) < 4.78 is 0. The predicted molar refractivity (Wildman–Crippen MR) is 67.3 cm³/mol. The van der Waals surface area contributed by atoms with Gasteiger partial charge in [-0.05, 0) is 50.9 Å². The highest BCUT2D eigenvalue weighted by molar-refractivity contribution is 5.87. The van der Waals surface area contributed by atoms with Crippen LogP contribution in [0.2, 0.25) is 0 Å². The third-order valence-corrected chi connectivity index (χ3v) is 3.22. The van der Waals surface area contributed by atoms with Crippen LogP contribution in [0.4, 0.5) is 0 Å². The van der Waals surface area contributed by atoms with Crippen molar-refractivity contribution in [2.24, 2.45) is 5.92 Å². The summed E-state index contributed by atoms with van der Waals surface area (Å²) in [6.45, 7) is 8.59. The molecule has 1 aliphatic heterocycles. The molecule has 16 heavy (non-hydrogen) atoms. The van der Waals surface area contributed by atoms with Crippen molar-refractivity contribution < 1.29 is 4.79 Å². The van der Waals surface area contributed by atoms with E-state index in [0.717, 1.165) is 19.5 Å². The lowest BCUT2D eigenvalue weighted by atomic mass is 9.97. The zero-order valence-electron chi connectivity index (χ0n) is 10.5. The molecule has 0 saturated carbocycles. The van der Waals surface area contributed by atoms with Crippen LogP contribution in [0, 0.1) is 5.92 Å². The van der Waals surface area contributed by atoms with Crippen molar-refractivity contribution in [3.05, 3.63) is 12.2 Å². The maximum Gasteiger partial charge on any atom is 0.243 e. The highest BCUT2D eigenvalue weighted by atomic mass is 16.1. The molecule has 3 heteroatoms. The van der Waals surface area contributed by atoms with Crippen LogP contribution in [0.15, 0.2) is 12.2 Å². The van der Waals surface area contributed by atoms with Gasteiger partial charge in [-0.1, -0.05) is 19.9 Å². The topological polar surface area (TPSA) is 32.3 Å². The molecule has 0 bridgehead atoms. The van der Waals surface area contributed by atoms with Gasteiger partial charge in [-0.3, -0.25) is 4.79 Å². The SMILES string of the molecule is CC/C=C/C(=O)NCC1CCN(CC)CC1. The fraction of sp³-hybridized carbons (Fsp3) is 0.769. The van der Waals surface area contributed by atoms with E-state index < -0.39 is 0 Å². The Bertz CT molecular complexity index is 230. The molecule has 0 atom stereocenters. The van der Waals surface area contributed by atoms with Gasteiger partial charge in [0.25, 0.3) is 0 Å². The summed E-state index contributed by atoms with van der Waals surface area (Å²) in [6.07, 6.45) is 6.88. The molecule has 0 aromatic rings. The molecule has 0 spiro atoms. The van der Waals surface area contributed by atoms with Crippen LogP contribution in [-0.2, 0) is 4.79 Å². The lowest BCUT2D eigenvalue weighted by Crippen LogP contribution is -2.38. The quantitative estimate of drug-likeness (QED) is 0.722. The molecule has 1 amide bonds. The first-order valence-corrected chi connectivity index (χ1v) is 6.43. The van der Waals surface area contributed by atoms with Crippen molar-refractivity contribution in [2.45, 2.75) is 33.1 Å². The molecule has 1 saturated heterocycles. The molecular weight excluding hydrogens is 200 g/mol. The maximum atomic E-state index is 11.4. The van der Waals surface area contributed by atoms with E-state index in [9.17, 15) is 4.79 Å². The van der Waals surface area contributed by atoms with Crippen molar-refractivity contribution in [3.8, 4) is 0 Å². The average Bonchev–Trinajstić information content (AvgIpc) is 2.34. The first kappa shape index (κ1) is 13.2. The molecule has 1 N–H and O–H groups in total. The monoisotopic (exact) mass is 224 g/mol. The van der Waals surface area contributed by atoms with Gasteiger partial charge in [-0.2, -0.15) is 0 Å². The van der Waals surface area contributed by atoms with Crippen LogP contribution in [0.5, 0.6) is 0 Å². The third-order valence-electron chi connectivity index (χ3n) is 3.22. The molecule has 0 radical (unpaired) electrons. The first-order chi connectivity index (χ1) is 7.76. The highest BCUT2D eigenvalue weighted by Gasteiger charge is 2.17. The minimum absolute atomic E-state index is 0.0553. The molecule has 1 heterocycles. The smallest absolute Gasteiger partial charge is 0.243 e. The summed E-state index contributed by atoms with van der Waals surface area (Å²) in [5.41, 5.74) is 0. The number of carbonyl (C=O) groups is 1. The van der Waals surface area contributed by atoms with E-state index in [0.29, 0.717) is 5.92 Å². The van der Waals surface area contributed by atoms with E-state index in [2.05, 4.69) is 17.1 Å². The summed E-state index contributed by atoms with van der Waals surface area (Å²) in [7, 11) is 0. The normalized spacial score (nSPS) is 19.1. The lowest BCUT2D eigenvalue weighted by molar-refractivity contribution is -0.116. The van der Waals surface area contributed by atoms with E-state index in [1.165, 1.54) is 25.9 Å². The van der Waals surface area contributed by atoms with Gasteiger partial charge >= 0.3 is 0 Å². The van der Waals surface area contributed by atoms with Crippen molar-refractivity contribution in [1.82, 2.24) is 10.2 Å². The summed E-state index contributed by atoms with van der Waals surface area (Å²) in [4.78, 5) is 13.8. The number of nitrogens with one attached hydrogen (secondary N) is 1. The molecule has 0 unspecified atom stereocenters. The molecule has 3 nitrogen and oxygen atoms in total. The number of likely N-dealkylation sites (tertiary alicyclic amines) is 1. The van der Waals surface area contributed by atoms with Crippen LogP contribution in [-0.4, -0.2) is 37.0 Å². The second kappa shape index (κ2) is 7.44. The molecule has 0 aromatic heterocycles. The van der Waals surface area contributed by atoms with Crippen LogP contribution in [0.25, 0.3) is 0 Å².